The van der Waals surface area contributed by atoms with Crippen LogP contribution in [-0.4, -0.2) is 71.7 Å². The Balaban J connectivity index is 1.65. The van der Waals surface area contributed by atoms with E-state index >= 15 is 0 Å². The van der Waals surface area contributed by atoms with Crippen molar-refractivity contribution in [1.29, 1.82) is 0 Å². The van der Waals surface area contributed by atoms with E-state index in [1.165, 1.54) is 11.0 Å². The van der Waals surface area contributed by atoms with Gasteiger partial charge in [0, 0.05) is 0 Å². The number of primary amides is 1. The molecule has 2 heterocycles. The summed E-state index contributed by atoms with van der Waals surface area (Å²) in [5.74, 6) is -0.947. The lowest BCUT2D eigenvalue weighted by molar-refractivity contribution is -0.179. The molecule has 13 heteroatoms. The Morgan fingerprint density at radius 2 is 1.21 bits per heavy atom. The van der Waals surface area contributed by atoms with Crippen molar-refractivity contribution in [1.82, 2.24) is 14.8 Å². The summed E-state index contributed by atoms with van der Waals surface area (Å²) >= 11 is 0. The van der Waals surface area contributed by atoms with Crippen molar-refractivity contribution in [2.75, 3.05) is 20.8 Å². The van der Waals surface area contributed by atoms with Crippen molar-refractivity contribution < 1.29 is 42.8 Å². The molecule has 1 amide bonds. The fourth-order valence-corrected chi connectivity index (χ4v) is 5.72. The molecule has 1 aliphatic rings. The summed E-state index contributed by atoms with van der Waals surface area (Å²) in [5.41, 5.74) is 4.68. The first-order valence-corrected chi connectivity index (χ1v) is 16.9. The molecule has 4 atom stereocenters. The number of hydrogen-bond donors (Lipinski definition) is 1. The predicted octanol–water partition coefficient (Wildman–Crippen LogP) is 5.22. The highest BCUT2D eigenvalue weighted by atomic mass is 16.7. The average Bonchev–Trinajstić information content (AvgIpc) is 3.74. The minimum atomic E-state index is -1.25. The molecule has 0 saturated carbocycles. The van der Waals surface area contributed by atoms with Crippen LogP contribution in [-0.2, 0) is 34.1 Å². The third kappa shape index (κ3) is 7.95. The number of carbonyl (C=O) groups excluding carboxylic acids is 3. The van der Waals surface area contributed by atoms with E-state index in [-0.39, 0.29) is 12.4 Å². The predicted molar refractivity (Wildman–Crippen MR) is 189 cm³/mol. The molecule has 0 spiro atoms. The van der Waals surface area contributed by atoms with Gasteiger partial charge in [-0.05, 0) is 82.5 Å². The summed E-state index contributed by atoms with van der Waals surface area (Å²) in [4.78, 5) is 42.9. The largest absolute Gasteiger partial charge is 0.497 e. The molecule has 52 heavy (non-hydrogen) atoms. The van der Waals surface area contributed by atoms with Crippen LogP contribution in [0.1, 0.15) is 75.1 Å². The number of ether oxygens (including phenoxy) is 6. The van der Waals surface area contributed by atoms with Crippen LogP contribution in [0.2, 0.25) is 0 Å². The number of rotatable bonds is 12. The first-order chi connectivity index (χ1) is 24.6. The van der Waals surface area contributed by atoms with Gasteiger partial charge in [-0.2, -0.15) is 0 Å². The fourth-order valence-electron chi connectivity index (χ4n) is 5.72. The summed E-state index contributed by atoms with van der Waals surface area (Å²) in [6.07, 6.45) is -3.34. The molecule has 1 saturated heterocycles. The second-order valence-electron chi connectivity index (χ2n) is 14.5. The van der Waals surface area contributed by atoms with Gasteiger partial charge in [0.05, 0.1) is 31.7 Å². The van der Waals surface area contributed by atoms with E-state index in [0.29, 0.717) is 11.5 Å². The number of nitrogens with zero attached hydrogens (tertiary/aromatic N) is 3. The van der Waals surface area contributed by atoms with Gasteiger partial charge in [-0.25, -0.2) is 9.67 Å². The van der Waals surface area contributed by atoms with Gasteiger partial charge in [0.2, 0.25) is 5.82 Å². The number of esters is 2. The number of aromatic nitrogens is 3. The van der Waals surface area contributed by atoms with Crippen molar-refractivity contribution >= 4 is 17.8 Å². The molecule has 0 radical (unpaired) electrons. The van der Waals surface area contributed by atoms with Crippen LogP contribution < -0.4 is 15.2 Å². The maximum Gasteiger partial charge on any atom is 0.311 e. The number of amides is 1. The van der Waals surface area contributed by atoms with Crippen LogP contribution in [0.25, 0.3) is 0 Å². The van der Waals surface area contributed by atoms with Gasteiger partial charge < -0.3 is 34.2 Å². The number of nitrogens with two attached hydrogens (primary N) is 1. The second kappa shape index (κ2) is 15.1. The maximum absolute atomic E-state index is 13.5. The third-order valence-electron chi connectivity index (χ3n) is 8.62. The summed E-state index contributed by atoms with van der Waals surface area (Å²) in [5, 5.41) is 4.20. The smallest absolute Gasteiger partial charge is 0.311 e. The Morgan fingerprint density at radius 1 is 0.731 bits per heavy atom. The van der Waals surface area contributed by atoms with Gasteiger partial charge in [0.1, 0.15) is 29.5 Å². The SMILES string of the molecule is COc1ccc(C(OC[C@H]2O[C@@H](n3cnc(C(N)=O)n3)[C@H](OC(=O)C(C)(C)C)[C@@H]2OC(=O)C(C)(C)C)(c2ccccc2)c2ccc(OC)cc2)cc1. The lowest BCUT2D eigenvalue weighted by atomic mass is 9.80. The van der Waals surface area contributed by atoms with E-state index in [0.717, 1.165) is 16.7 Å². The van der Waals surface area contributed by atoms with E-state index in [1.54, 1.807) is 55.8 Å². The van der Waals surface area contributed by atoms with Gasteiger partial charge in [0.15, 0.2) is 18.4 Å². The highest BCUT2D eigenvalue weighted by Crippen LogP contribution is 2.44. The quantitative estimate of drug-likeness (QED) is 0.151. The van der Waals surface area contributed by atoms with E-state index in [2.05, 4.69) is 10.1 Å². The first-order valence-electron chi connectivity index (χ1n) is 16.9. The lowest BCUT2D eigenvalue weighted by Gasteiger charge is -2.37. The van der Waals surface area contributed by atoms with Crippen LogP contribution in [0.4, 0.5) is 0 Å². The molecule has 4 aromatic rings. The third-order valence-corrected chi connectivity index (χ3v) is 8.62. The van der Waals surface area contributed by atoms with Crippen LogP contribution in [0, 0.1) is 10.8 Å². The van der Waals surface area contributed by atoms with Gasteiger partial charge in [0.25, 0.3) is 5.91 Å². The summed E-state index contributed by atoms with van der Waals surface area (Å²) in [7, 11) is 3.19. The molecule has 1 aromatic heterocycles. The molecule has 0 aliphatic carbocycles. The van der Waals surface area contributed by atoms with Gasteiger partial charge in [-0.15, -0.1) is 5.10 Å². The lowest BCUT2D eigenvalue weighted by Crippen LogP contribution is -2.45. The Kier molecular flexibility index (Phi) is 11.1. The number of methoxy groups -OCH3 is 2. The summed E-state index contributed by atoms with van der Waals surface area (Å²) in [6, 6.07) is 24.7. The zero-order chi connectivity index (χ0) is 37.8. The standard InChI is InChI=1S/C39H46N4O9/c1-37(2,3)35(45)51-30-29(50-34(31(30)52-36(46)38(4,5)6)43-23-41-33(42-43)32(40)44)22-49-39(24-12-10-9-11-13-24,25-14-18-27(47-7)19-15-25)26-16-20-28(48-8)21-17-26/h9-21,23,29-31,34H,22H2,1-8H3,(H2,40,44)/t29-,30-,31-,34-/m1/s1. The van der Waals surface area contributed by atoms with Crippen molar-refractivity contribution in [3.8, 4) is 11.5 Å². The van der Waals surface area contributed by atoms with E-state index in [9.17, 15) is 14.4 Å². The maximum atomic E-state index is 13.5. The summed E-state index contributed by atoms with van der Waals surface area (Å²) in [6.45, 7) is 10.1. The summed E-state index contributed by atoms with van der Waals surface area (Å²) < 4.78 is 38.1. The Labute approximate surface area is 303 Å². The molecule has 1 fully saturated rings. The van der Waals surface area contributed by atoms with E-state index in [4.69, 9.17) is 34.2 Å². The molecule has 5 rings (SSSR count). The van der Waals surface area contributed by atoms with E-state index in [1.807, 2.05) is 78.9 Å². The normalized spacial score (nSPS) is 19.2. The molecule has 0 bridgehead atoms. The molecule has 3 aromatic carbocycles. The van der Waals surface area contributed by atoms with Crippen molar-refractivity contribution in [3.63, 3.8) is 0 Å². The van der Waals surface area contributed by atoms with Crippen molar-refractivity contribution in [2.24, 2.45) is 16.6 Å². The van der Waals surface area contributed by atoms with Crippen LogP contribution in [0.15, 0.2) is 85.2 Å². The fraction of sp³-hybridized carbons (Fsp3) is 0.410. The van der Waals surface area contributed by atoms with Crippen LogP contribution in [0.3, 0.4) is 0 Å². The second-order valence-corrected chi connectivity index (χ2v) is 14.5. The minimum Gasteiger partial charge on any atom is -0.497 e. The highest BCUT2D eigenvalue weighted by molar-refractivity contribution is 5.88. The zero-order valence-corrected chi connectivity index (χ0v) is 30.7. The molecule has 0 unspecified atom stereocenters. The van der Waals surface area contributed by atoms with Crippen molar-refractivity contribution in [2.45, 2.75) is 71.7 Å². The zero-order valence-electron chi connectivity index (χ0n) is 30.7. The van der Waals surface area contributed by atoms with E-state index < -0.39 is 58.8 Å². The van der Waals surface area contributed by atoms with Gasteiger partial charge >= 0.3 is 11.9 Å². The monoisotopic (exact) mass is 714 g/mol. The Bertz CT molecular complexity index is 1800. The molecular formula is C39H46N4O9. The number of hydrogen-bond acceptors (Lipinski definition) is 11. The highest BCUT2D eigenvalue weighted by Gasteiger charge is 2.53. The number of benzene rings is 3. The average molecular weight is 715 g/mol. The van der Waals surface area contributed by atoms with Gasteiger partial charge in [-0.1, -0.05) is 54.6 Å². The van der Waals surface area contributed by atoms with Crippen LogP contribution >= 0.6 is 0 Å². The van der Waals surface area contributed by atoms with Crippen LogP contribution in [0.5, 0.6) is 11.5 Å². The molecule has 2 N–H and O–H groups in total. The molecule has 276 valence electrons. The topological polar surface area (TPSA) is 163 Å². The number of carbonyl (C=O) groups is 3. The Morgan fingerprint density at radius 3 is 1.65 bits per heavy atom. The Hall–Kier alpha value is -5.27. The first kappa shape index (κ1) is 38.0. The molecule has 13 nitrogen and oxygen atoms in total. The van der Waals surface area contributed by atoms with Gasteiger partial charge in [-0.3, -0.25) is 14.4 Å². The molecular weight excluding hydrogens is 668 g/mol. The van der Waals surface area contributed by atoms with Crippen molar-refractivity contribution in [3.05, 3.63) is 108 Å². The minimum absolute atomic E-state index is 0.174. The molecule has 1 aliphatic heterocycles.